The molecule has 1 unspecified atom stereocenters. The van der Waals surface area contributed by atoms with E-state index in [0.717, 1.165) is 18.4 Å². The third-order valence-electron chi connectivity index (χ3n) is 1.77. The maximum absolute atomic E-state index is 8.58. The van der Waals surface area contributed by atoms with Gasteiger partial charge in [-0.25, -0.2) is 0 Å². The van der Waals surface area contributed by atoms with Crippen LogP contribution in [0.2, 0.25) is 0 Å². The van der Waals surface area contributed by atoms with Gasteiger partial charge >= 0.3 is 0 Å². The van der Waals surface area contributed by atoms with E-state index in [-0.39, 0.29) is 56.0 Å². The van der Waals surface area contributed by atoms with Gasteiger partial charge in [0.25, 0.3) is 0 Å². The van der Waals surface area contributed by atoms with Crippen molar-refractivity contribution in [3.8, 4) is 0 Å². The molecule has 0 aromatic rings. The second kappa shape index (κ2) is 9.72. The molecule has 0 aliphatic carbocycles. The van der Waals surface area contributed by atoms with Crippen molar-refractivity contribution in [1.82, 2.24) is 0 Å². The van der Waals surface area contributed by atoms with E-state index in [2.05, 4.69) is 6.58 Å². The molecule has 0 aromatic carbocycles. The van der Waals surface area contributed by atoms with Crippen molar-refractivity contribution >= 4 is 11.6 Å². The number of alkyl halides is 1. The van der Waals surface area contributed by atoms with Crippen molar-refractivity contribution in [3.63, 3.8) is 0 Å². The van der Waals surface area contributed by atoms with Crippen LogP contribution in [-0.4, -0.2) is 17.1 Å². The van der Waals surface area contributed by atoms with Crippen LogP contribution in [0, 0.1) is 44.1 Å². The maximum Gasteiger partial charge on any atom is 0.0614 e. The molecule has 0 bridgehead atoms. The van der Waals surface area contributed by atoms with Gasteiger partial charge in [-0.05, 0) is 26.7 Å². The van der Waals surface area contributed by atoms with E-state index in [9.17, 15) is 0 Å². The van der Waals surface area contributed by atoms with Crippen LogP contribution in [0.5, 0.6) is 0 Å². The van der Waals surface area contributed by atoms with Crippen molar-refractivity contribution in [2.75, 3.05) is 6.61 Å². The third-order valence-corrected chi connectivity index (χ3v) is 2.36. The van der Waals surface area contributed by atoms with Crippen LogP contribution in [0.3, 0.4) is 0 Å². The summed E-state index contributed by atoms with van der Waals surface area (Å²) in [5.74, 6) is 0. The summed E-state index contributed by atoms with van der Waals surface area (Å²) in [6.07, 6.45) is 3.64. The molecule has 1 nitrogen and oxygen atoms in total. The maximum atomic E-state index is 8.58. The number of halogens is 1. The predicted molar refractivity (Wildman–Crippen MR) is 54.5 cm³/mol. The van der Waals surface area contributed by atoms with Crippen LogP contribution < -0.4 is 0 Å². The smallest absolute Gasteiger partial charge is 0.0614 e. The molecule has 0 aliphatic heterocycles. The third kappa shape index (κ3) is 9.48. The van der Waals surface area contributed by atoms with Crippen LogP contribution in [-0.2, 0) is 0 Å². The molecular weight excluding hydrogens is 399 g/mol. The molecule has 0 amide bonds. The first-order valence-corrected chi connectivity index (χ1v) is 4.57. The van der Waals surface area contributed by atoms with Crippen molar-refractivity contribution in [3.05, 3.63) is 23.8 Å². The van der Waals surface area contributed by atoms with Crippen LogP contribution in [0.4, 0.5) is 0 Å². The molecule has 0 saturated heterocycles. The monoisotopic (exact) mass is 415 g/mol. The fourth-order valence-electron chi connectivity index (χ4n) is 0.859. The van der Waals surface area contributed by atoms with Crippen LogP contribution in [0.1, 0.15) is 26.7 Å². The Balaban J connectivity index is 0. The van der Waals surface area contributed by atoms with E-state index < -0.39 is 0 Å². The molecule has 0 fully saturated rings. The van der Waals surface area contributed by atoms with E-state index in [1.54, 1.807) is 0 Å². The minimum absolute atomic E-state index is 0. The standard InChI is InChI=1S/C10H17ClO.Ac/c1-8(2)10(11)5-4-9(3)6-7-12;/h6,10,12H,1,4-5,7H2,2-3H3;/b9-6+;. The first-order chi connectivity index (χ1) is 5.57. The normalized spacial score (nSPS) is 13.4. The van der Waals surface area contributed by atoms with Gasteiger partial charge in [0.2, 0.25) is 0 Å². The molecule has 0 spiro atoms. The van der Waals surface area contributed by atoms with E-state index in [1.807, 2.05) is 19.9 Å². The van der Waals surface area contributed by atoms with Gasteiger partial charge in [0.15, 0.2) is 0 Å². The number of aliphatic hydroxyl groups excluding tert-OH is 1. The summed E-state index contributed by atoms with van der Waals surface area (Å²) < 4.78 is 0. The van der Waals surface area contributed by atoms with E-state index in [4.69, 9.17) is 16.7 Å². The SMILES string of the molecule is C=C(C)C(Cl)CC/C(C)=C/CO.[Ac]. The van der Waals surface area contributed by atoms with Crippen molar-refractivity contribution < 1.29 is 49.2 Å². The van der Waals surface area contributed by atoms with Gasteiger partial charge in [-0.15, -0.1) is 11.6 Å². The van der Waals surface area contributed by atoms with Gasteiger partial charge in [-0.2, -0.15) is 0 Å². The fraction of sp³-hybridized carbons (Fsp3) is 0.600. The Labute approximate surface area is 122 Å². The first-order valence-electron chi connectivity index (χ1n) is 4.14. The molecule has 0 saturated carbocycles. The average Bonchev–Trinajstić information content (AvgIpc) is 2.00. The Kier molecular flexibility index (Phi) is 12.4. The number of aliphatic hydroxyl groups is 1. The Morgan fingerprint density at radius 3 is 2.46 bits per heavy atom. The molecule has 1 radical (unpaired) electrons. The molecule has 73 valence electrons. The minimum atomic E-state index is 0. The van der Waals surface area contributed by atoms with E-state index in [0.29, 0.717) is 0 Å². The zero-order valence-electron chi connectivity index (χ0n) is 8.39. The number of hydrogen-bond donors (Lipinski definition) is 1. The Hall–Kier alpha value is 1.17. The molecule has 0 rings (SSSR count). The molecule has 0 aliphatic rings. The average molecular weight is 416 g/mol. The van der Waals surface area contributed by atoms with E-state index in [1.165, 1.54) is 5.57 Å². The van der Waals surface area contributed by atoms with Crippen molar-refractivity contribution in [1.29, 1.82) is 0 Å². The quantitative estimate of drug-likeness (QED) is 0.541. The van der Waals surface area contributed by atoms with Crippen LogP contribution >= 0.6 is 11.6 Å². The van der Waals surface area contributed by atoms with Gasteiger partial charge < -0.3 is 5.11 Å². The van der Waals surface area contributed by atoms with Gasteiger partial charge in [0.05, 0.1) is 12.0 Å². The predicted octanol–water partition coefficient (Wildman–Crippen LogP) is 2.89. The summed E-state index contributed by atoms with van der Waals surface area (Å²) in [7, 11) is 0. The van der Waals surface area contributed by atoms with Gasteiger partial charge in [-0.3, -0.25) is 0 Å². The number of rotatable bonds is 5. The molecule has 1 atom stereocenters. The first kappa shape index (κ1) is 16.6. The Morgan fingerprint density at radius 1 is 1.54 bits per heavy atom. The molecule has 3 heteroatoms. The molecule has 0 heterocycles. The summed E-state index contributed by atoms with van der Waals surface area (Å²) in [5, 5.41) is 8.65. The van der Waals surface area contributed by atoms with Crippen LogP contribution in [0.25, 0.3) is 0 Å². The summed E-state index contributed by atoms with van der Waals surface area (Å²) >= 11 is 5.97. The zero-order chi connectivity index (χ0) is 9.56. The van der Waals surface area contributed by atoms with Crippen molar-refractivity contribution in [2.45, 2.75) is 32.1 Å². The molecule has 0 aromatic heterocycles. The van der Waals surface area contributed by atoms with Gasteiger partial charge in [0.1, 0.15) is 0 Å². The number of hydrogen-bond acceptors (Lipinski definition) is 1. The van der Waals surface area contributed by atoms with Gasteiger partial charge in [-0.1, -0.05) is 23.8 Å². The largest absolute Gasteiger partial charge is 0.392 e. The van der Waals surface area contributed by atoms with Crippen LogP contribution in [0.15, 0.2) is 23.8 Å². The molecule has 13 heavy (non-hydrogen) atoms. The Morgan fingerprint density at radius 2 is 2.08 bits per heavy atom. The topological polar surface area (TPSA) is 20.2 Å². The van der Waals surface area contributed by atoms with Crippen molar-refractivity contribution in [2.24, 2.45) is 0 Å². The second-order valence-electron chi connectivity index (χ2n) is 3.09. The van der Waals surface area contributed by atoms with E-state index >= 15 is 0 Å². The van der Waals surface area contributed by atoms with Gasteiger partial charge in [0, 0.05) is 44.1 Å². The summed E-state index contributed by atoms with van der Waals surface area (Å²) in [4.78, 5) is 0. The zero-order valence-corrected chi connectivity index (χ0v) is 13.9. The fourth-order valence-corrected chi connectivity index (χ4v) is 0.968. The number of allylic oxidation sites excluding steroid dienone is 2. The summed E-state index contributed by atoms with van der Waals surface area (Å²) in [6, 6.07) is 0. The Bertz CT molecular complexity index is 178. The minimum Gasteiger partial charge on any atom is -0.392 e. The summed E-state index contributed by atoms with van der Waals surface area (Å²) in [5.41, 5.74) is 2.19. The second-order valence-corrected chi connectivity index (χ2v) is 3.61. The molecule has 1 N–H and O–H groups in total. The summed E-state index contributed by atoms with van der Waals surface area (Å²) in [6.45, 7) is 7.83. The molecular formula is C10H17AcClO.